The van der Waals surface area contributed by atoms with E-state index >= 15 is 0 Å². The molecule has 2 aromatic heterocycles. The molecule has 1 saturated carbocycles. The Morgan fingerprint density at radius 1 is 0.312 bits per heavy atom. The predicted octanol–water partition coefficient (Wildman–Crippen LogP) is 22.5. The number of anilines is 6. The van der Waals surface area contributed by atoms with Crippen molar-refractivity contribution in [3.05, 3.63) is 258 Å². The summed E-state index contributed by atoms with van der Waals surface area (Å²) in [7, 11) is 0. The Balaban J connectivity index is 1.06. The lowest BCUT2D eigenvalue weighted by Gasteiger charge is -2.46. The van der Waals surface area contributed by atoms with Crippen LogP contribution in [0, 0.1) is 0 Å². The van der Waals surface area contributed by atoms with E-state index in [-0.39, 0.29) is 28.4 Å². The fourth-order valence-corrected chi connectivity index (χ4v) is 16.0. The quantitative estimate of drug-likeness (QED) is 0.148. The maximum Gasteiger partial charge on any atom is 0.252 e. The maximum absolute atomic E-state index is 2.74. The molecule has 2 aliphatic heterocycles. The predicted molar refractivity (Wildman–Crippen MR) is 401 cm³/mol. The van der Waals surface area contributed by atoms with Gasteiger partial charge in [-0.25, -0.2) is 0 Å². The summed E-state index contributed by atoms with van der Waals surface area (Å²) in [5, 5.41) is 5.03. The van der Waals surface area contributed by atoms with Gasteiger partial charge in [-0.15, -0.1) is 0 Å². The summed E-state index contributed by atoms with van der Waals surface area (Å²) in [5.74, 6) is 0.399. The van der Waals surface area contributed by atoms with Crippen molar-refractivity contribution in [2.45, 2.75) is 143 Å². The molecule has 0 atom stereocenters. The Bertz CT molecular complexity index is 4730. The summed E-state index contributed by atoms with van der Waals surface area (Å²) in [6.45, 7) is 28.1. The van der Waals surface area contributed by atoms with Crippen molar-refractivity contribution in [2.75, 3.05) is 9.80 Å². The number of para-hydroxylation sites is 4. The van der Waals surface area contributed by atoms with Gasteiger partial charge in [-0.2, -0.15) is 0 Å². The first kappa shape index (κ1) is 58.7. The van der Waals surface area contributed by atoms with Crippen molar-refractivity contribution in [3.8, 4) is 33.6 Å². The molecule has 93 heavy (non-hydrogen) atoms. The summed E-state index contributed by atoms with van der Waals surface area (Å²) in [6, 6.07) is 90.0. The van der Waals surface area contributed by atoms with Gasteiger partial charge in [0.15, 0.2) is 0 Å². The van der Waals surface area contributed by atoms with Crippen molar-refractivity contribution in [1.82, 2.24) is 9.13 Å². The first-order valence-electron chi connectivity index (χ1n) is 34.2. The van der Waals surface area contributed by atoms with Gasteiger partial charge in [0, 0.05) is 66.8 Å². The van der Waals surface area contributed by atoms with E-state index in [0.29, 0.717) is 5.92 Å². The van der Waals surface area contributed by atoms with E-state index in [9.17, 15) is 0 Å². The molecule has 0 bridgehead atoms. The Morgan fingerprint density at radius 3 is 1.05 bits per heavy atom. The van der Waals surface area contributed by atoms with Crippen molar-refractivity contribution in [3.63, 3.8) is 0 Å². The highest BCUT2D eigenvalue weighted by molar-refractivity contribution is 7.00. The van der Waals surface area contributed by atoms with Crippen molar-refractivity contribution in [1.29, 1.82) is 0 Å². The van der Waals surface area contributed by atoms with Crippen LogP contribution in [0.15, 0.2) is 231 Å². The Hall–Kier alpha value is -9.32. The third-order valence-electron chi connectivity index (χ3n) is 21.1. The Morgan fingerprint density at radius 2 is 0.677 bits per heavy atom. The average Bonchev–Trinajstić information content (AvgIpc) is 1.69. The molecule has 0 spiro atoms. The highest BCUT2D eigenvalue weighted by Crippen LogP contribution is 2.53. The van der Waals surface area contributed by atoms with Crippen LogP contribution in [0.25, 0.3) is 77.2 Å². The zero-order valence-corrected chi connectivity index (χ0v) is 56.4. The number of nitrogens with zero attached hydrogens (tertiary/aromatic N) is 4. The molecule has 1 aliphatic carbocycles. The number of benzene rings is 11. The van der Waals surface area contributed by atoms with E-state index in [1.54, 1.807) is 0 Å². The minimum Gasteiger partial charge on any atom is -0.311 e. The molecule has 4 heterocycles. The number of hydrogen-bond donors (Lipinski definition) is 0. The van der Waals surface area contributed by atoms with Gasteiger partial charge in [0.25, 0.3) is 6.71 Å². The second-order valence-electron chi connectivity index (χ2n) is 31.3. The van der Waals surface area contributed by atoms with Crippen molar-refractivity contribution >= 4 is 101 Å². The molecule has 3 aliphatic rings. The van der Waals surface area contributed by atoms with Gasteiger partial charge < -0.3 is 18.9 Å². The maximum atomic E-state index is 2.74. The van der Waals surface area contributed by atoms with Crippen LogP contribution in [0.5, 0.6) is 0 Å². The van der Waals surface area contributed by atoms with E-state index in [1.165, 1.54) is 176 Å². The highest BCUT2D eigenvalue weighted by atomic mass is 15.2. The van der Waals surface area contributed by atoms with Crippen LogP contribution in [0.3, 0.4) is 0 Å². The molecular weight excluding hydrogens is 1120 g/mol. The van der Waals surface area contributed by atoms with Gasteiger partial charge in [0.2, 0.25) is 0 Å². The molecule has 16 rings (SSSR count). The monoisotopic (exact) mass is 1210 g/mol. The van der Waals surface area contributed by atoms with Crippen LogP contribution in [0.4, 0.5) is 34.1 Å². The van der Waals surface area contributed by atoms with E-state index in [2.05, 4.69) is 333 Å². The molecule has 5 heteroatoms. The van der Waals surface area contributed by atoms with Crippen LogP contribution >= 0.6 is 0 Å². The minimum absolute atomic E-state index is 0.0520. The van der Waals surface area contributed by atoms with Crippen molar-refractivity contribution in [2.24, 2.45) is 0 Å². The molecule has 0 unspecified atom stereocenters. The Kier molecular flexibility index (Phi) is 13.7. The zero-order valence-electron chi connectivity index (χ0n) is 56.4. The second kappa shape index (κ2) is 21.6. The first-order valence-corrected chi connectivity index (χ1v) is 34.2. The largest absolute Gasteiger partial charge is 0.311 e. The van der Waals surface area contributed by atoms with Gasteiger partial charge in [-0.1, -0.05) is 248 Å². The van der Waals surface area contributed by atoms with E-state index < -0.39 is 0 Å². The normalized spacial score (nSPS) is 14.6. The topological polar surface area (TPSA) is 16.3 Å². The van der Waals surface area contributed by atoms with E-state index in [0.717, 1.165) is 11.4 Å². The highest BCUT2D eigenvalue weighted by Gasteiger charge is 2.46. The van der Waals surface area contributed by atoms with Crippen LogP contribution in [0.2, 0.25) is 0 Å². The van der Waals surface area contributed by atoms with E-state index in [4.69, 9.17) is 0 Å². The average molecular weight is 1210 g/mol. The molecule has 0 amide bonds. The molecule has 0 radical (unpaired) electrons. The minimum atomic E-state index is -0.129. The summed E-state index contributed by atoms with van der Waals surface area (Å²) < 4.78 is 5.04. The SMILES string of the molecule is CC(C)(C)c1cccc(-c2cc(C(C)(C)C)ccc2N2c3cc(-n4c5ccccc5c5ccccc54)ccc3B3c4ccc(-n5c6ccccc6c6ccccc65)cc4N(c4ccc(C(C)(C)C)cc4-c4cccc(C(C)(C)C)c4)c4cc(C5CCCCC5)cc2c43)c1. The van der Waals surface area contributed by atoms with Crippen molar-refractivity contribution < 1.29 is 0 Å². The lowest BCUT2D eigenvalue weighted by molar-refractivity contribution is 0.444. The van der Waals surface area contributed by atoms with Crippen LogP contribution in [-0.2, 0) is 21.7 Å². The van der Waals surface area contributed by atoms with Gasteiger partial charge in [-0.3, -0.25) is 0 Å². The molecule has 0 saturated heterocycles. The number of fused-ring (bicyclic) bond motifs is 10. The molecular formula is C88H85BN4. The number of rotatable bonds is 7. The summed E-state index contributed by atoms with van der Waals surface area (Å²) >= 11 is 0. The van der Waals surface area contributed by atoms with Crippen LogP contribution in [0.1, 0.15) is 149 Å². The lowest BCUT2D eigenvalue weighted by Crippen LogP contribution is -2.61. The van der Waals surface area contributed by atoms with Gasteiger partial charge >= 0.3 is 0 Å². The lowest BCUT2D eigenvalue weighted by atomic mass is 9.33. The van der Waals surface area contributed by atoms with Crippen LogP contribution in [-0.4, -0.2) is 15.8 Å². The number of hydrogen-bond acceptors (Lipinski definition) is 2. The van der Waals surface area contributed by atoms with Gasteiger partial charge in [0.05, 0.1) is 33.4 Å². The summed E-state index contributed by atoms with van der Waals surface area (Å²) in [6.07, 6.45) is 6.07. The molecule has 13 aromatic rings. The fourth-order valence-electron chi connectivity index (χ4n) is 16.0. The standard InChI is InChI=1S/C88H85BN4/c1-85(2,3)60-30-24-28-57(48-60)70-52-62(87(7,8)9)40-46-78(70)92-80-54-64(90-74-36-20-16-32-66(74)67-33-17-21-37-75(67)90)42-44-72(80)89-73-45-43-65(91-76-38-22-18-34-68(76)69-35-19-23-39-77(69)91)55-81(73)93(83-51-59(50-82(92)84(83)89)56-26-14-13-15-27-56)79-47-41-63(88(10,11)12)53-71(79)58-29-25-31-61(49-58)86(4,5)6/h16-25,28-56H,13-15,26-27H2,1-12H3. The molecule has 4 nitrogen and oxygen atoms in total. The molecule has 460 valence electrons. The fraction of sp³-hybridized carbons (Fsp3) is 0.250. The van der Waals surface area contributed by atoms with Crippen LogP contribution < -0.4 is 26.2 Å². The molecule has 1 fully saturated rings. The summed E-state index contributed by atoms with van der Waals surface area (Å²) in [5.41, 5.74) is 29.6. The third kappa shape index (κ3) is 9.77. The summed E-state index contributed by atoms with van der Waals surface area (Å²) in [4.78, 5) is 5.48. The van der Waals surface area contributed by atoms with Gasteiger partial charge in [0.1, 0.15) is 0 Å². The van der Waals surface area contributed by atoms with E-state index in [1.807, 2.05) is 0 Å². The van der Waals surface area contributed by atoms with Gasteiger partial charge in [-0.05, 0) is 181 Å². The third-order valence-corrected chi connectivity index (χ3v) is 21.1. The molecule has 11 aromatic carbocycles. The first-order chi connectivity index (χ1) is 44.7. The Labute approximate surface area is 551 Å². The zero-order chi connectivity index (χ0) is 64.0. The number of aromatic nitrogens is 2. The molecule has 0 N–H and O–H groups in total. The smallest absolute Gasteiger partial charge is 0.252 e. The second-order valence-corrected chi connectivity index (χ2v) is 31.3.